The van der Waals surface area contributed by atoms with Gasteiger partial charge in [0.25, 0.3) is 0 Å². The largest absolute Gasteiger partial charge is 0.373 e. The molecule has 0 aromatic carbocycles. The van der Waals surface area contributed by atoms with Crippen molar-refractivity contribution in [1.82, 2.24) is 15.0 Å². The molecule has 0 unspecified atom stereocenters. The Bertz CT molecular complexity index is 585. The molecule has 0 aliphatic heterocycles. The molecule has 2 heterocycles. The number of pyridine rings is 1. The Morgan fingerprint density at radius 1 is 1.26 bits per heavy atom. The van der Waals surface area contributed by atoms with Crippen LogP contribution in [0.25, 0.3) is 0 Å². The summed E-state index contributed by atoms with van der Waals surface area (Å²) in [4.78, 5) is 12.9. The highest BCUT2D eigenvalue weighted by molar-refractivity contribution is 9.10. The molecule has 2 aromatic rings. The normalized spacial score (nSPS) is 10.3. The van der Waals surface area contributed by atoms with E-state index in [1.807, 2.05) is 33.0 Å². The van der Waals surface area contributed by atoms with Crippen molar-refractivity contribution >= 4 is 27.6 Å². The molecule has 19 heavy (non-hydrogen) atoms. The van der Waals surface area contributed by atoms with E-state index in [2.05, 4.69) is 41.5 Å². The number of nitrogens with one attached hydrogen (secondary N) is 2. The number of nitrogens with zero attached hydrogens (tertiary/aromatic N) is 3. The summed E-state index contributed by atoms with van der Waals surface area (Å²) in [6, 6.07) is 3.98. The van der Waals surface area contributed by atoms with Crippen molar-refractivity contribution in [2.75, 3.05) is 17.7 Å². The van der Waals surface area contributed by atoms with Gasteiger partial charge in [-0.25, -0.2) is 15.0 Å². The highest BCUT2D eigenvalue weighted by Crippen LogP contribution is 2.23. The lowest BCUT2D eigenvalue weighted by Crippen LogP contribution is -2.06. The molecular weight excluding hydrogens is 306 g/mol. The van der Waals surface area contributed by atoms with Crippen molar-refractivity contribution in [3.05, 3.63) is 39.9 Å². The standard InChI is InChI=1S/C13H16BrN5/c1-8-12(14)13(19-9(2)18-8)17-7-10-4-5-16-11(6-10)15-3/h4-6H,7H2,1-3H3,(H,15,16)(H,17,18,19). The van der Waals surface area contributed by atoms with Gasteiger partial charge in [0.15, 0.2) is 0 Å². The van der Waals surface area contributed by atoms with Gasteiger partial charge in [0.2, 0.25) is 0 Å². The summed E-state index contributed by atoms with van der Waals surface area (Å²) < 4.78 is 0.904. The minimum atomic E-state index is 0.686. The molecule has 0 amide bonds. The van der Waals surface area contributed by atoms with Crippen molar-refractivity contribution in [2.45, 2.75) is 20.4 Å². The van der Waals surface area contributed by atoms with Crippen LogP contribution in [-0.4, -0.2) is 22.0 Å². The Kier molecular flexibility index (Phi) is 4.31. The third kappa shape index (κ3) is 3.41. The highest BCUT2D eigenvalue weighted by atomic mass is 79.9. The molecule has 0 aliphatic carbocycles. The molecule has 2 N–H and O–H groups in total. The molecule has 0 fully saturated rings. The first-order valence-corrected chi connectivity index (χ1v) is 6.76. The SMILES string of the molecule is CNc1cc(CNc2nc(C)nc(C)c2Br)ccn1. The van der Waals surface area contributed by atoms with E-state index < -0.39 is 0 Å². The smallest absolute Gasteiger partial charge is 0.144 e. The fraction of sp³-hybridized carbons (Fsp3) is 0.308. The quantitative estimate of drug-likeness (QED) is 0.906. The summed E-state index contributed by atoms with van der Waals surface area (Å²) in [5.74, 6) is 2.43. The zero-order chi connectivity index (χ0) is 13.8. The highest BCUT2D eigenvalue weighted by Gasteiger charge is 2.07. The van der Waals surface area contributed by atoms with E-state index in [4.69, 9.17) is 0 Å². The van der Waals surface area contributed by atoms with Gasteiger partial charge < -0.3 is 10.6 Å². The number of rotatable bonds is 4. The summed E-state index contributed by atoms with van der Waals surface area (Å²) in [5, 5.41) is 6.33. The maximum absolute atomic E-state index is 4.39. The van der Waals surface area contributed by atoms with Crippen molar-refractivity contribution < 1.29 is 0 Å². The van der Waals surface area contributed by atoms with Gasteiger partial charge in [-0.1, -0.05) is 0 Å². The zero-order valence-corrected chi connectivity index (χ0v) is 12.7. The van der Waals surface area contributed by atoms with Crippen LogP contribution in [0.5, 0.6) is 0 Å². The molecule has 0 bridgehead atoms. The molecule has 0 radical (unpaired) electrons. The average Bonchev–Trinajstić information content (AvgIpc) is 2.41. The summed E-state index contributed by atoms with van der Waals surface area (Å²) in [5.41, 5.74) is 2.07. The molecule has 0 aliphatic rings. The maximum atomic E-state index is 4.39. The van der Waals surface area contributed by atoms with Crippen LogP contribution in [0.3, 0.4) is 0 Å². The summed E-state index contributed by atoms with van der Waals surface area (Å²) in [6.45, 7) is 4.53. The van der Waals surface area contributed by atoms with Gasteiger partial charge >= 0.3 is 0 Å². The lowest BCUT2D eigenvalue weighted by Gasteiger charge is -2.10. The second kappa shape index (κ2) is 5.97. The third-order valence-corrected chi connectivity index (χ3v) is 3.62. The van der Waals surface area contributed by atoms with E-state index in [0.29, 0.717) is 6.54 Å². The first-order valence-electron chi connectivity index (χ1n) is 5.97. The van der Waals surface area contributed by atoms with Crippen LogP contribution in [0.1, 0.15) is 17.1 Å². The average molecular weight is 322 g/mol. The van der Waals surface area contributed by atoms with Crippen molar-refractivity contribution in [3.63, 3.8) is 0 Å². The summed E-state index contributed by atoms with van der Waals surface area (Å²) in [6.07, 6.45) is 1.79. The van der Waals surface area contributed by atoms with Crippen LogP contribution in [-0.2, 0) is 6.54 Å². The minimum absolute atomic E-state index is 0.686. The topological polar surface area (TPSA) is 62.7 Å². The number of hydrogen-bond acceptors (Lipinski definition) is 5. The number of aromatic nitrogens is 3. The third-order valence-electron chi connectivity index (χ3n) is 2.67. The number of halogens is 1. The van der Waals surface area contributed by atoms with Gasteiger partial charge in [-0.15, -0.1) is 0 Å². The Hall–Kier alpha value is -1.69. The monoisotopic (exact) mass is 321 g/mol. The molecule has 0 saturated heterocycles. The first kappa shape index (κ1) is 13.7. The zero-order valence-electron chi connectivity index (χ0n) is 11.2. The van der Waals surface area contributed by atoms with E-state index in [-0.39, 0.29) is 0 Å². The lowest BCUT2D eigenvalue weighted by atomic mass is 10.2. The summed E-state index contributed by atoms with van der Waals surface area (Å²) in [7, 11) is 1.85. The van der Waals surface area contributed by atoms with E-state index in [1.165, 1.54) is 0 Å². The molecular formula is C13H16BrN5. The number of anilines is 2. The van der Waals surface area contributed by atoms with Gasteiger partial charge in [0, 0.05) is 19.8 Å². The molecule has 0 atom stereocenters. The minimum Gasteiger partial charge on any atom is -0.373 e. The fourth-order valence-corrected chi connectivity index (χ4v) is 2.04. The number of hydrogen-bond donors (Lipinski definition) is 2. The Balaban J connectivity index is 2.14. The lowest BCUT2D eigenvalue weighted by molar-refractivity contribution is 0.979. The molecule has 2 aromatic heterocycles. The first-order chi connectivity index (χ1) is 9.10. The van der Waals surface area contributed by atoms with Crippen LogP contribution in [0.2, 0.25) is 0 Å². The van der Waals surface area contributed by atoms with Crippen LogP contribution in [0, 0.1) is 13.8 Å². The van der Waals surface area contributed by atoms with Crippen LogP contribution in [0.4, 0.5) is 11.6 Å². The molecule has 0 saturated carbocycles. The molecule has 5 nitrogen and oxygen atoms in total. The van der Waals surface area contributed by atoms with Gasteiger partial charge in [-0.2, -0.15) is 0 Å². The Labute approximate surface area is 121 Å². The molecule has 2 rings (SSSR count). The van der Waals surface area contributed by atoms with Gasteiger partial charge in [0.05, 0.1) is 10.2 Å². The van der Waals surface area contributed by atoms with Crippen LogP contribution >= 0.6 is 15.9 Å². The number of aryl methyl sites for hydroxylation is 2. The summed E-state index contributed by atoms with van der Waals surface area (Å²) >= 11 is 3.50. The van der Waals surface area contributed by atoms with Gasteiger partial charge in [-0.05, 0) is 47.5 Å². The van der Waals surface area contributed by atoms with Gasteiger partial charge in [0.1, 0.15) is 17.5 Å². The van der Waals surface area contributed by atoms with Crippen LogP contribution < -0.4 is 10.6 Å². The van der Waals surface area contributed by atoms with Crippen molar-refractivity contribution in [2.24, 2.45) is 0 Å². The van der Waals surface area contributed by atoms with Gasteiger partial charge in [-0.3, -0.25) is 0 Å². The molecule has 100 valence electrons. The fourth-order valence-electron chi connectivity index (χ4n) is 1.72. The predicted octanol–water partition coefficient (Wildman–Crippen LogP) is 2.90. The van der Waals surface area contributed by atoms with E-state index in [1.54, 1.807) is 6.20 Å². The van der Waals surface area contributed by atoms with E-state index in [9.17, 15) is 0 Å². The van der Waals surface area contributed by atoms with E-state index in [0.717, 1.165) is 33.2 Å². The molecule has 0 spiro atoms. The second-order valence-corrected chi connectivity index (χ2v) is 4.96. The van der Waals surface area contributed by atoms with Crippen molar-refractivity contribution in [1.29, 1.82) is 0 Å². The predicted molar refractivity (Wildman–Crippen MR) is 80.3 cm³/mol. The second-order valence-electron chi connectivity index (χ2n) is 4.17. The Morgan fingerprint density at radius 3 is 2.79 bits per heavy atom. The maximum Gasteiger partial charge on any atom is 0.144 e. The molecule has 6 heteroatoms. The van der Waals surface area contributed by atoms with Crippen molar-refractivity contribution in [3.8, 4) is 0 Å². The van der Waals surface area contributed by atoms with Crippen LogP contribution in [0.15, 0.2) is 22.8 Å². The Morgan fingerprint density at radius 2 is 2.05 bits per heavy atom. The van der Waals surface area contributed by atoms with E-state index >= 15 is 0 Å².